The third-order valence-electron chi connectivity index (χ3n) is 4.90. The van der Waals surface area contributed by atoms with Crippen LogP contribution in [0, 0.1) is 6.92 Å². The molecule has 150 valence electrons. The Bertz CT molecular complexity index is 1190. The van der Waals surface area contributed by atoms with Crippen molar-refractivity contribution < 1.29 is 13.2 Å². The fourth-order valence-corrected chi connectivity index (χ4v) is 4.64. The van der Waals surface area contributed by atoms with Crippen LogP contribution in [0.3, 0.4) is 0 Å². The fourth-order valence-electron chi connectivity index (χ4n) is 3.39. The van der Waals surface area contributed by atoms with Crippen molar-refractivity contribution in [1.29, 1.82) is 0 Å². The predicted molar refractivity (Wildman–Crippen MR) is 117 cm³/mol. The summed E-state index contributed by atoms with van der Waals surface area (Å²) in [5, 5.41) is 3.06. The number of carbonyl (C=O) groups excluding carboxylic acids is 1. The van der Waals surface area contributed by atoms with Crippen molar-refractivity contribution in [3.05, 3.63) is 64.0 Å². The van der Waals surface area contributed by atoms with Gasteiger partial charge < -0.3 is 4.90 Å². The number of thiazole rings is 1. The molecule has 0 spiro atoms. The van der Waals surface area contributed by atoms with Crippen molar-refractivity contribution in [2.24, 2.45) is 0 Å². The Kier molecular flexibility index (Phi) is 5.14. The van der Waals surface area contributed by atoms with Crippen LogP contribution in [-0.2, 0) is 16.4 Å². The zero-order chi connectivity index (χ0) is 20.6. The van der Waals surface area contributed by atoms with Crippen LogP contribution < -0.4 is 9.62 Å². The van der Waals surface area contributed by atoms with Crippen LogP contribution >= 0.6 is 11.3 Å². The summed E-state index contributed by atoms with van der Waals surface area (Å²) in [6.45, 7) is 4.15. The van der Waals surface area contributed by atoms with E-state index in [0.717, 1.165) is 33.9 Å². The van der Waals surface area contributed by atoms with Crippen molar-refractivity contribution in [1.82, 2.24) is 4.98 Å². The second kappa shape index (κ2) is 7.61. The van der Waals surface area contributed by atoms with E-state index in [1.807, 2.05) is 24.4 Å². The lowest BCUT2D eigenvalue weighted by Crippen LogP contribution is -2.29. The zero-order valence-corrected chi connectivity index (χ0v) is 17.8. The van der Waals surface area contributed by atoms with Crippen molar-refractivity contribution in [2.45, 2.75) is 20.3 Å². The van der Waals surface area contributed by atoms with Crippen LogP contribution in [-0.4, -0.2) is 31.6 Å². The molecule has 2 aromatic carbocycles. The predicted octanol–water partition coefficient (Wildman–Crippen LogP) is 4.08. The lowest BCUT2D eigenvalue weighted by molar-refractivity contribution is 0.0989. The Morgan fingerprint density at radius 1 is 1.24 bits per heavy atom. The third kappa shape index (κ3) is 4.04. The zero-order valence-electron chi connectivity index (χ0n) is 16.2. The van der Waals surface area contributed by atoms with Crippen LogP contribution in [0.4, 0.5) is 11.4 Å². The third-order valence-corrected chi connectivity index (χ3v) is 6.98. The maximum absolute atomic E-state index is 13.1. The molecule has 0 aliphatic carbocycles. The monoisotopic (exact) mass is 427 g/mol. The van der Waals surface area contributed by atoms with E-state index in [-0.39, 0.29) is 11.7 Å². The highest BCUT2D eigenvalue weighted by atomic mass is 32.2. The number of benzene rings is 2. The smallest absolute Gasteiger partial charge is 0.258 e. The summed E-state index contributed by atoms with van der Waals surface area (Å²) in [6, 6.07) is 12.7. The van der Waals surface area contributed by atoms with E-state index in [1.54, 1.807) is 47.4 Å². The number of rotatable bonds is 5. The molecular weight excluding hydrogens is 406 g/mol. The Morgan fingerprint density at radius 2 is 2.07 bits per heavy atom. The van der Waals surface area contributed by atoms with Crippen LogP contribution in [0.25, 0.3) is 11.3 Å². The molecule has 0 fully saturated rings. The average Bonchev–Trinajstić information content (AvgIpc) is 3.33. The molecule has 1 N–H and O–H groups in total. The number of amides is 1. The molecule has 1 aliphatic rings. The molecule has 29 heavy (non-hydrogen) atoms. The van der Waals surface area contributed by atoms with Gasteiger partial charge in [-0.3, -0.25) is 9.52 Å². The van der Waals surface area contributed by atoms with Gasteiger partial charge in [-0.2, -0.15) is 0 Å². The molecule has 0 unspecified atom stereocenters. The van der Waals surface area contributed by atoms with E-state index >= 15 is 0 Å². The molecule has 0 saturated heterocycles. The maximum atomic E-state index is 13.1. The number of nitrogens with zero attached hydrogens (tertiary/aromatic N) is 2. The minimum atomic E-state index is -3.39. The van der Waals surface area contributed by atoms with Gasteiger partial charge in [-0.1, -0.05) is 12.1 Å². The molecule has 0 bridgehead atoms. The minimum absolute atomic E-state index is 0.0223. The Morgan fingerprint density at radius 3 is 2.79 bits per heavy atom. The topological polar surface area (TPSA) is 79.4 Å². The number of carbonyl (C=O) groups is 1. The second-order valence-corrected chi connectivity index (χ2v) is 9.96. The maximum Gasteiger partial charge on any atom is 0.258 e. The van der Waals surface area contributed by atoms with Gasteiger partial charge in [0.25, 0.3) is 5.91 Å². The second-order valence-electron chi connectivity index (χ2n) is 6.89. The van der Waals surface area contributed by atoms with E-state index in [9.17, 15) is 13.2 Å². The standard InChI is InChI=1S/C21H21N3O3S2/c1-3-29(26,27)23-18-6-4-5-17(12-18)21(25)24-10-9-16-11-15(7-8-20(16)24)19-13-28-14(2)22-19/h4-8,11-13,23H,3,9-10H2,1-2H3. The molecule has 8 heteroatoms. The summed E-state index contributed by atoms with van der Waals surface area (Å²) < 4.78 is 26.1. The number of aryl methyl sites for hydroxylation is 1. The molecular formula is C21H21N3O3S2. The SMILES string of the molecule is CCS(=O)(=O)Nc1cccc(C(=O)N2CCc3cc(-c4csc(C)n4)ccc32)c1. The summed E-state index contributed by atoms with van der Waals surface area (Å²) in [7, 11) is -3.39. The highest BCUT2D eigenvalue weighted by Gasteiger charge is 2.26. The first-order chi connectivity index (χ1) is 13.9. The van der Waals surface area contributed by atoms with Crippen molar-refractivity contribution in [3.63, 3.8) is 0 Å². The first-order valence-corrected chi connectivity index (χ1v) is 11.9. The molecule has 6 nitrogen and oxygen atoms in total. The van der Waals surface area contributed by atoms with Gasteiger partial charge >= 0.3 is 0 Å². The summed E-state index contributed by atoms with van der Waals surface area (Å²) in [4.78, 5) is 19.4. The Labute approximate surface area is 174 Å². The number of hydrogen-bond donors (Lipinski definition) is 1. The van der Waals surface area contributed by atoms with Crippen molar-refractivity contribution in [3.8, 4) is 11.3 Å². The highest BCUT2D eigenvalue weighted by molar-refractivity contribution is 7.92. The molecule has 0 atom stereocenters. The molecule has 3 aromatic rings. The summed E-state index contributed by atoms with van der Waals surface area (Å²) >= 11 is 1.62. The first kappa shape index (κ1) is 19.6. The Balaban J connectivity index is 1.59. The van der Waals surface area contributed by atoms with Crippen molar-refractivity contribution >= 4 is 38.6 Å². The molecule has 1 aromatic heterocycles. The number of aromatic nitrogens is 1. The van der Waals surface area contributed by atoms with E-state index in [0.29, 0.717) is 17.8 Å². The first-order valence-electron chi connectivity index (χ1n) is 9.34. The van der Waals surface area contributed by atoms with E-state index in [2.05, 4.69) is 15.8 Å². The number of sulfonamides is 1. The lowest BCUT2D eigenvalue weighted by atomic mass is 10.1. The average molecular weight is 428 g/mol. The lowest BCUT2D eigenvalue weighted by Gasteiger charge is -2.18. The van der Waals surface area contributed by atoms with Gasteiger partial charge in [0.05, 0.1) is 16.5 Å². The van der Waals surface area contributed by atoms with Gasteiger partial charge in [0, 0.05) is 34.4 Å². The van der Waals surface area contributed by atoms with Gasteiger partial charge in [-0.25, -0.2) is 13.4 Å². The number of anilines is 2. The van der Waals surface area contributed by atoms with Crippen LogP contribution in [0.5, 0.6) is 0 Å². The molecule has 0 saturated carbocycles. The van der Waals surface area contributed by atoms with Gasteiger partial charge in [-0.15, -0.1) is 11.3 Å². The largest absolute Gasteiger partial charge is 0.308 e. The van der Waals surface area contributed by atoms with E-state index in [1.165, 1.54) is 0 Å². The van der Waals surface area contributed by atoms with E-state index < -0.39 is 10.0 Å². The summed E-state index contributed by atoms with van der Waals surface area (Å²) in [5.74, 6) is -0.163. The molecule has 4 rings (SSSR count). The quantitative estimate of drug-likeness (QED) is 0.665. The molecule has 2 heterocycles. The molecule has 0 radical (unpaired) electrons. The highest BCUT2D eigenvalue weighted by Crippen LogP contribution is 2.33. The van der Waals surface area contributed by atoms with Crippen LogP contribution in [0.15, 0.2) is 47.8 Å². The number of fused-ring (bicyclic) bond motifs is 1. The normalized spacial score (nSPS) is 13.4. The molecule has 1 aliphatic heterocycles. The van der Waals surface area contributed by atoms with Crippen LogP contribution in [0.1, 0.15) is 27.9 Å². The fraction of sp³-hybridized carbons (Fsp3) is 0.238. The van der Waals surface area contributed by atoms with E-state index in [4.69, 9.17) is 0 Å². The molecule has 1 amide bonds. The Hall–Kier alpha value is -2.71. The summed E-state index contributed by atoms with van der Waals surface area (Å²) in [6.07, 6.45) is 0.778. The van der Waals surface area contributed by atoms with Gasteiger partial charge in [0.1, 0.15) is 0 Å². The summed E-state index contributed by atoms with van der Waals surface area (Å²) in [5.41, 5.74) is 4.86. The minimum Gasteiger partial charge on any atom is -0.308 e. The van der Waals surface area contributed by atoms with Crippen molar-refractivity contribution in [2.75, 3.05) is 21.9 Å². The van der Waals surface area contributed by atoms with Crippen LogP contribution in [0.2, 0.25) is 0 Å². The number of nitrogens with one attached hydrogen (secondary N) is 1. The van der Waals surface area contributed by atoms with Gasteiger partial charge in [0.2, 0.25) is 10.0 Å². The number of hydrogen-bond acceptors (Lipinski definition) is 5. The van der Waals surface area contributed by atoms with Gasteiger partial charge in [-0.05, 0) is 56.2 Å². The van der Waals surface area contributed by atoms with Gasteiger partial charge in [0.15, 0.2) is 0 Å².